The molecular formula is C13H18N2O6. The summed E-state index contributed by atoms with van der Waals surface area (Å²) in [6, 6.07) is 1.18. The standard InChI is InChI=1S/C13H18N2O6/c1-2-8(17)6-15-11(19)3-4-14(13(15)20)12-5-9(18)10(7-16)21-12/h2-4,8-10,12,16-18H,1,5-7H2/t8?,9-,10+,12+/m0/s1. The Morgan fingerprint density at radius 3 is 2.81 bits per heavy atom. The molecule has 1 aliphatic rings. The molecule has 1 saturated heterocycles. The second-order valence-electron chi connectivity index (χ2n) is 4.87. The molecule has 2 heterocycles. The first-order valence-electron chi connectivity index (χ1n) is 6.55. The fraction of sp³-hybridized carbons (Fsp3) is 0.538. The molecule has 0 aliphatic carbocycles. The van der Waals surface area contributed by atoms with Crippen molar-refractivity contribution in [2.45, 2.75) is 37.5 Å². The average molecular weight is 298 g/mol. The number of aromatic nitrogens is 2. The Bertz CT molecular complexity index is 622. The summed E-state index contributed by atoms with van der Waals surface area (Å²) in [6.07, 6.45) is -0.803. The molecule has 3 N–H and O–H groups in total. The van der Waals surface area contributed by atoms with Crippen LogP contribution in [0.3, 0.4) is 0 Å². The van der Waals surface area contributed by atoms with Crippen molar-refractivity contribution in [2.75, 3.05) is 6.61 Å². The highest BCUT2D eigenvalue weighted by molar-refractivity contribution is 4.92. The summed E-state index contributed by atoms with van der Waals surface area (Å²) < 4.78 is 7.41. The van der Waals surface area contributed by atoms with Crippen molar-refractivity contribution in [3.8, 4) is 0 Å². The molecule has 8 heteroatoms. The monoisotopic (exact) mass is 298 g/mol. The highest BCUT2D eigenvalue weighted by atomic mass is 16.5. The van der Waals surface area contributed by atoms with Gasteiger partial charge in [0.15, 0.2) is 0 Å². The predicted molar refractivity (Wildman–Crippen MR) is 72.8 cm³/mol. The zero-order chi connectivity index (χ0) is 15.6. The lowest BCUT2D eigenvalue weighted by molar-refractivity contribution is -0.0464. The summed E-state index contributed by atoms with van der Waals surface area (Å²) in [7, 11) is 0. The summed E-state index contributed by atoms with van der Waals surface area (Å²) in [6.45, 7) is 2.82. The van der Waals surface area contributed by atoms with Crippen molar-refractivity contribution in [3.63, 3.8) is 0 Å². The van der Waals surface area contributed by atoms with Crippen LogP contribution in [-0.4, -0.2) is 49.4 Å². The van der Waals surface area contributed by atoms with Gasteiger partial charge in [-0.1, -0.05) is 6.08 Å². The van der Waals surface area contributed by atoms with E-state index in [1.54, 1.807) is 0 Å². The third-order valence-corrected chi connectivity index (χ3v) is 3.43. The summed E-state index contributed by atoms with van der Waals surface area (Å²) >= 11 is 0. The van der Waals surface area contributed by atoms with Gasteiger partial charge in [0.1, 0.15) is 12.3 Å². The molecular weight excluding hydrogens is 280 g/mol. The van der Waals surface area contributed by atoms with E-state index in [1.165, 1.54) is 18.3 Å². The molecule has 1 aliphatic heterocycles. The smallest absolute Gasteiger partial charge is 0.333 e. The van der Waals surface area contributed by atoms with Crippen LogP contribution in [0.4, 0.5) is 0 Å². The van der Waals surface area contributed by atoms with Gasteiger partial charge in [-0.2, -0.15) is 0 Å². The fourth-order valence-electron chi connectivity index (χ4n) is 2.23. The molecule has 0 saturated carbocycles. The molecule has 116 valence electrons. The maximum Gasteiger partial charge on any atom is 0.333 e. The van der Waals surface area contributed by atoms with Gasteiger partial charge in [0.05, 0.1) is 25.4 Å². The van der Waals surface area contributed by atoms with Crippen molar-refractivity contribution in [3.05, 3.63) is 45.8 Å². The normalized spacial score (nSPS) is 26.7. The van der Waals surface area contributed by atoms with Crippen molar-refractivity contribution in [1.82, 2.24) is 9.13 Å². The van der Waals surface area contributed by atoms with Crippen molar-refractivity contribution in [1.29, 1.82) is 0 Å². The maximum absolute atomic E-state index is 12.3. The Morgan fingerprint density at radius 2 is 2.24 bits per heavy atom. The van der Waals surface area contributed by atoms with E-state index in [0.717, 1.165) is 9.13 Å². The van der Waals surface area contributed by atoms with Crippen LogP contribution >= 0.6 is 0 Å². The first-order valence-corrected chi connectivity index (χ1v) is 6.55. The fourth-order valence-corrected chi connectivity index (χ4v) is 2.23. The summed E-state index contributed by atoms with van der Waals surface area (Å²) in [5.41, 5.74) is -1.20. The van der Waals surface area contributed by atoms with E-state index in [9.17, 15) is 19.8 Å². The van der Waals surface area contributed by atoms with Crippen LogP contribution in [0.1, 0.15) is 12.6 Å². The van der Waals surface area contributed by atoms with Crippen LogP contribution in [0.25, 0.3) is 0 Å². The highest BCUT2D eigenvalue weighted by Gasteiger charge is 2.35. The third-order valence-electron chi connectivity index (χ3n) is 3.43. The molecule has 21 heavy (non-hydrogen) atoms. The van der Waals surface area contributed by atoms with Crippen molar-refractivity contribution >= 4 is 0 Å². The average Bonchev–Trinajstić information content (AvgIpc) is 2.84. The maximum atomic E-state index is 12.3. The van der Waals surface area contributed by atoms with Gasteiger partial charge in [-0.25, -0.2) is 4.79 Å². The van der Waals surface area contributed by atoms with Gasteiger partial charge in [-0.15, -0.1) is 6.58 Å². The number of aliphatic hydroxyl groups is 3. The molecule has 0 spiro atoms. The molecule has 1 fully saturated rings. The predicted octanol–water partition coefficient (Wildman–Crippen LogP) is -1.80. The van der Waals surface area contributed by atoms with Gasteiger partial charge in [0.25, 0.3) is 5.56 Å². The minimum atomic E-state index is -1.02. The van der Waals surface area contributed by atoms with Crippen molar-refractivity contribution in [2.24, 2.45) is 0 Å². The van der Waals surface area contributed by atoms with Crippen LogP contribution in [0.2, 0.25) is 0 Å². The first kappa shape index (κ1) is 15.6. The van der Waals surface area contributed by atoms with Gasteiger partial charge in [0.2, 0.25) is 0 Å². The van der Waals surface area contributed by atoms with Gasteiger partial charge in [0, 0.05) is 18.7 Å². The van der Waals surface area contributed by atoms with E-state index in [1.807, 2.05) is 0 Å². The van der Waals surface area contributed by atoms with E-state index in [4.69, 9.17) is 9.84 Å². The zero-order valence-electron chi connectivity index (χ0n) is 11.3. The van der Waals surface area contributed by atoms with Crippen LogP contribution in [0, 0.1) is 0 Å². The van der Waals surface area contributed by atoms with Gasteiger partial charge in [-0.05, 0) is 0 Å². The third kappa shape index (κ3) is 3.13. The van der Waals surface area contributed by atoms with Crippen LogP contribution < -0.4 is 11.2 Å². The summed E-state index contributed by atoms with van der Waals surface area (Å²) in [5, 5.41) is 28.3. The Balaban J connectivity index is 2.34. The van der Waals surface area contributed by atoms with Gasteiger partial charge >= 0.3 is 5.69 Å². The van der Waals surface area contributed by atoms with Crippen LogP contribution in [-0.2, 0) is 11.3 Å². The molecule has 1 aromatic heterocycles. The van der Waals surface area contributed by atoms with Crippen LogP contribution in [0.5, 0.6) is 0 Å². The number of aliphatic hydroxyl groups excluding tert-OH is 3. The van der Waals surface area contributed by atoms with E-state index < -0.39 is 35.8 Å². The number of nitrogens with zero attached hydrogens (tertiary/aromatic N) is 2. The number of hydrogen-bond donors (Lipinski definition) is 3. The number of hydrogen-bond acceptors (Lipinski definition) is 6. The second-order valence-corrected chi connectivity index (χ2v) is 4.87. The number of ether oxygens (including phenoxy) is 1. The minimum absolute atomic E-state index is 0.132. The Kier molecular flexibility index (Phi) is 4.73. The Labute approximate surface area is 120 Å². The second kappa shape index (κ2) is 6.35. The summed E-state index contributed by atoms with van der Waals surface area (Å²) in [5.74, 6) is 0. The quantitative estimate of drug-likeness (QED) is 0.553. The molecule has 1 aromatic rings. The Hall–Kier alpha value is -1.74. The molecule has 8 nitrogen and oxygen atoms in total. The van der Waals surface area contributed by atoms with E-state index >= 15 is 0 Å². The first-order chi connectivity index (χ1) is 9.97. The lowest BCUT2D eigenvalue weighted by atomic mass is 10.2. The topological polar surface area (TPSA) is 114 Å². The highest BCUT2D eigenvalue weighted by Crippen LogP contribution is 2.26. The molecule has 1 unspecified atom stereocenters. The Morgan fingerprint density at radius 1 is 1.52 bits per heavy atom. The zero-order valence-corrected chi connectivity index (χ0v) is 11.3. The van der Waals surface area contributed by atoms with Crippen LogP contribution in [0.15, 0.2) is 34.5 Å². The molecule has 0 radical (unpaired) electrons. The largest absolute Gasteiger partial charge is 0.394 e. The van der Waals surface area contributed by atoms with E-state index in [-0.39, 0.29) is 19.6 Å². The SMILES string of the molecule is C=CC(O)Cn1c(=O)ccn([C@H]2C[C@H](O)[C@@H](CO)O2)c1=O. The van der Waals surface area contributed by atoms with E-state index in [0.29, 0.717) is 0 Å². The summed E-state index contributed by atoms with van der Waals surface area (Å²) in [4.78, 5) is 24.0. The van der Waals surface area contributed by atoms with Crippen molar-refractivity contribution < 1.29 is 20.1 Å². The minimum Gasteiger partial charge on any atom is -0.394 e. The molecule has 0 aromatic carbocycles. The van der Waals surface area contributed by atoms with E-state index in [2.05, 4.69) is 6.58 Å². The lowest BCUT2D eigenvalue weighted by Gasteiger charge is -2.16. The lowest BCUT2D eigenvalue weighted by Crippen LogP contribution is -2.42. The number of rotatable bonds is 5. The molecule has 0 amide bonds. The van der Waals surface area contributed by atoms with Gasteiger partial charge in [-0.3, -0.25) is 13.9 Å². The molecule has 0 bridgehead atoms. The van der Waals surface area contributed by atoms with Gasteiger partial charge < -0.3 is 20.1 Å². The molecule has 4 atom stereocenters. The molecule has 2 rings (SSSR count).